The fraction of sp³-hybridized carbons (Fsp3) is 0.303. The number of carbonyl (C=O) groups excluding carboxylic acids is 1. The monoisotopic (exact) mass is 670 g/mol. The number of aryl methyl sites for hydroxylation is 1. The van der Waals surface area contributed by atoms with Gasteiger partial charge in [-0.25, -0.2) is 9.18 Å². The van der Waals surface area contributed by atoms with Crippen molar-refractivity contribution in [3.63, 3.8) is 0 Å². The molecule has 0 bridgehead atoms. The highest BCUT2D eigenvalue weighted by molar-refractivity contribution is 6.39. The molecule has 2 heterocycles. The number of aliphatic hydroxyl groups excluding tert-OH is 1. The van der Waals surface area contributed by atoms with E-state index in [1.54, 1.807) is 42.5 Å². The Morgan fingerprint density at radius 1 is 1.09 bits per heavy atom. The van der Waals surface area contributed by atoms with Crippen LogP contribution in [-0.2, 0) is 25.4 Å². The maximum atomic E-state index is 15.7. The van der Waals surface area contributed by atoms with Crippen molar-refractivity contribution in [3.8, 4) is 28.0 Å². The lowest BCUT2D eigenvalue weighted by molar-refractivity contribution is -0.0281. The van der Waals surface area contributed by atoms with Gasteiger partial charge >= 0.3 is 5.69 Å². The van der Waals surface area contributed by atoms with E-state index < -0.39 is 29.1 Å². The molecule has 1 aliphatic heterocycles. The Kier molecular flexibility index (Phi) is 10.3. The molecule has 1 amide bonds. The summed E-state index contributed by atoms with van der Waals surface area (Å²) in [4.78, 5) is 37.7. The number of rotatable bonds is 9. The summed E-state index contributed by atoms with van der Waals surface area (Å²) in [5.41, 5.74) is 1.02. The lowest BCUT2D eigenvalue weighted by Crippen LogP contribution is -2.46. The molecule has 10 nitrogen and oxygen atoms in total. The van der Waals surface area contributed by atoms with Gasteiger partial charge in [0, 0.05) is 61.7 Å². The van der Waals surface area contributed by atoms with Crippen LogP contribution in [0.3, 0.4) is 0 Å². The molecule has 3 N–H and O–H groups in total. The normalized spacial score (nSPS) is 16.3. The van der Waals surface area contributed by atoms with Gasteiger partial charge in [0.2, 0.25) is 0 Å². The van der Waals surface area contributed by atoms with Crippen molar-refractivity contribution in [3.05, 3.63) is 103 Å². The van der Waals surface area contributed by atoms with E-state index in [9.17, 15) is 19.5 Å². The standard InChI is InChI=1S/C33H33Cl2FN4O6/c1-4-46-28-14-18(13-24(36)22(28)15-37-25-11-12-45-17-27(25)41)19-7-5-8-20(29(19)34)21-9-6-10-26(30(21)35)38-31(42)23-16-39(2)33(44)40(3)32(23)43/h5-10,13-14,16,25,27,37,41H,4,11-12,15,17H2,1-3H3,(H,38,42)/t25-,27+/m1/s1. The largest absolute Gasteiger partial charge is 0.493 e. The maximum absolute atomic E-state index is 15.7. The van der Waals surface area contributed by atoms with Crippen molar-refractivity contribution in [2.45, 2.75) is 32.0 Å². The van der Waals surface area contributed by atoms with Crippen molar-refractivity contribution >= 4 is 34.8 Å². The number of nitrogens with zero attached hydrogens (tertiary/aromatic N) is 2. The summed E-state index contributed by atoms with van der Waals surface area (Å²) in [5.74, 6) is -0.890. The minimum Gasteiger partial charge on any atom is -0.493 e. The van der Waals surface area contributed by atoms with Crippen LogP contribution >= 0.6 is 23.2 Å². The van der Waals surface area contributed by atoms with Gasteiger partial charge in [0.15, 0.2) is 0 Å². The average molecular weight is 672 g/mol. The SMILES string of the molecule is CCOc1cc(-c2cccc(-c3cccc(NC(=O)c4cn(C)c(=O)n(C)c4=O)c3Cl)c2Cl)cc(F)c1CN[C@@H]1CCOC[C@@H]1O. The first kappa shape index (κ1) is 33.4. The molecule has 3 aromatic carbocycles. The third-order valence-corrected chi connectivity index (χ3v) is 8.67. The van der Waals surface area contributed by atoms with Crippen molar-refractivity contribution < 1.29 is 23.8 Å². The smallest absolute Gasteiger partial charge is 0.330 e. The first-order chi connectivity index (χ1) is 22.0. The number of hydrogen-bond acceptors (Lipinski definition) is 7. The average Bonchev–Trinajstić information content (AvgIpc) is 3.03. The highest BCUT2D eigenvalue weighted by Gasteiger charge is 2.25. The second kappa shape index (κ2) is 14.2. The van der Waals surface area contributed by atoms with Gasteiger partial charge < -0.3 is 29.8 Å². The molecule has 4 aromatic rings. The first-order valence-corrected chi connectivity index (χ1v) is 15.4. The number of carbonyl (C=O) groups is 1. The van der Waals surface area contributed by atoms with Crippen LogP contribution in [0.2, 0.25) is 10.0 Å². The van der Waals surface area contributed by atoms with Gasteiger partial charge in [-0.3, -0.25) is 14.2 Å². The van der Waals surface area contributed by atoms with Gasteiger partial charge in [-0.15, -0.1) is 0 Å². The number of ether oxygens (including phenoxy) is 2. The minimum atomic E-state index is -0.745. The third kappa shape index (κ3) is 6.74. The lowest BCUT2D eigenvalue weighted by Gasteiger charge is -2.29. The van der Waals surface area contributed by atoms with E-state index in [0.717, 1.165) is 9.13 Å². The van der Waals surface area contributed by atoms with Crippen molar-refractivity contribution in [1.29, 1.82) is 0 Å². The van der Waals surface area contributed by atoms with Crippen LogP contribution in [0.4, 0.5) is 10.1 Å². The molecular formula is C33H33Cl2FN4O6. The minimum absolute atomic E-state index is 0.149. The Morgan fingerprint density at radius 3 is 2.50 bits per heavy atom. The number of hydrogen-bond donors (Lipinski definition) is 3. The van der Waals surface area contributed by atoms with Crippen LogP contribution in [0.5, 0.6) is 5.75 Å². The summed E-state index contributed by atoms with van der Waals surface area (Å²) < 4.78 is 28.7. The molecule has 0 saturated carbocycles. The van der Waals surface area contributed by atoms with E-state index in [0.29, 0.717) is 53.2 Å². The van der Waals surface area contributed by atoms with Crippen LogP contribution in [0.25, 0.3) is 22.3 Å². The molecule has 5 rings (SSSR count). The fourth-order valence-electron chi connectivity index (χ4n) is 5.37. The number of aromatic nitrogens is 2. The Morgan fingerprint density at radius 2 is 1.78 bits per heavy atom. The second-order valence-electron chi connectivity index (χ2n) is 10.9. The maximum Gasteiger partial charge on any atom is 0.330 e. The second-order valence-corrected chi connectivity index (χ2v) is 11.6. The van der Waals surface area contributed by atoms with Crippen LogP contribution in [0, 0.1) is 5.82 Å². The lowest BCUT2D eigenvalue weighted by atomic mass is 9.96. The van der Waals surface area contributed by atoms with E-state index in [2.05, 4.69) is 10.6 Å². The molecule has 0 spiro atoms. The Bertz CT molecular complexity index is 1910. The van der Waals surface area contributed by atoms with E-state index in [1.165, 1.54) is 26.4 Å². The van der Waals surface area contributed by atoms with Crippen LogP contribution in [-0.4, -0.2) is 52.1 Å². The molecule has 1 aliphatic rings. The number of aliphatic hydroxyl groups is 1. The molecule has 1 saturated heterocycles. The Labute approximate surface area is 274 Å². The number of nitrogens with one attached hydrogen (secondary N) is 2. The third-order valence-electron chi connectivity index (χ3n) is 7.86. The van der Waals surface area contributed by atoms with Gasteiger partial charge in [0.05, 0.1) is 35.1 Å². The summed E-state index contributed by atoms with van der Waals surface area (Å²) in [6, 6.07) is 13.1. The summed E-state index contributed by atoms with van der Waals surface area (Å²) in [6.45, 7) is 3.00. The Hall–Kier alpha value is -4.00. The topological polar surface area (TPSA) is 124 Å². The Balaban J connectivity index is 1.46. The summed E-state index contributed by atoms with van der Waals surface area (Å²) in [7, 11) is 2.73. The van der Waals surface area contributed by atoms with Crippen LogP contribution in [0.15, 0.2) is 64.3 Å². The van der Waals surface area contributed by atoms with E-state index in [1.807, 2.05) is 6.92 Å². The highest BCUT2D eigenvalue weighted by Crippen LogP contribution is 2.42. The molecule has 46 heavy (non-hydrogen) atoms. The van der Waals surface area contributed by atoms with Gasteiger partial charge in [0.25, 0.3) is 11.5 Å². The highest BCUT2D eigenvalue weighted by atomic mass is 35.5. The number of halogens is 3. The van der Waals surface area contributed by atoms with E-state index in [-0.39, 0.29) is 40.5 Å². The molecule has 0 radical (unpaired) electrons. The predicted octanol–water partition coefficient (Wildman–Crippen LogP) is 4.75. The van der Waals surface area contributed by atoms with Gasteiger partial charge in [0.1, 0.15) is 17.1 Å². The molecule has 242 valence electrons. The summed E-state index contributed by atoms with van der Waals surface area (Å²) >= 11 is 13.7. The van der Waals surface area contributed by atoms with Crippen molar-refractivity contribution in [1.82, 2.24) is 14.5 Å². The number of anilines is 1. The molecule has 1 fully saturated rings. The zero-order chi connectivity index (χ0) is 33.1. The molecule has 0 unspecified atom stereocenters. The van der Waals surface area contributed by atoms with Crippen molar-refractivity contribution in [2.24, 2.45) is 14.1 Å². The van der Waals surface area contributed by atoms with Gasteiger partial charge in [-0.05, 0) is 37.1 Å². The number of benzene rings is 3. The van der Waals surface area contributed by atoms with E-state index >= 15 is 4.39 Å². The zero-order valence-corrected chi connectivity index (χ0v) is 26.9. The fourth-order valence-corrected chi connectivity index (χ4v) is 5.98. The van der Waals surface area contributed by atoms with E-state index in [4.69, 9.17) is 32.7 Å². The van der Waals surface area contributed by atoms with Crippen LogP contribution in [0.1, 0.15) is 29.3 Å². The predicted molar refractivity (Wildman–Crippen MR) is 175 cm³/mol. The molecule has 1 aromatic heterocycles. The number of amides is 1. The van der Waals surface area contributed by atoms with Crippen molar-refractivity contribution in [2.75, 3.05) is 25.1 Å². The van der Waals surface area contributed by atoms with Gasteiger partial charge in [-0.1, -0.05) is 53.5 Å². The summed E-state index contributed by atoms with van der Waals surface area (Å²) in [5, 5.41) is 16.5. The first-order valence-electron chi connectivity index (χ1n) is 14.6. The molecule has 0 aliphatic carbocycles. The van der Waals surface area contributed by atoms with Crippen LogP contribution < -0.4 is 26.6 Å². The molecule has 2 atom stereocenters. The molecule has 13 heteroatoms. The van der Waals surface area contributed by atoms with Gasteiger partial charge in [-0.2, -0.15) is 0 Å². The molecular weight excluding hydrogens is 638 g/mol. The quantitative estimate of drug-likeness (QED) is 0.235. The summed E-state index contributed by atoms with van der Waals surface area (Å²) in [6.07, 6.45) is 1.09. The zero-order valence-electron chi connectivity index (χ0n) is 25.4.